The lowest BCUT2D eigenvalue weighted by Gasteiger charge is -2.05. The predicted octanol–water partition coefficient (Wildman–Crippen LogP) is 2.67. The van der Waals surface area contributed by atoms with Crippen molar-refractivity contribution in [3.8, 4) is 0 Å². The van der Waals surface area contributed by atoms with Crippen LogP contribution in [0, 0.1) is 13.8 Å². The van der Waals surface area contributed by atoms with Gasteiger partial charge in [-0.2, -0.15) is 0 Å². The Labute approximate surface area is 79.2 Å². The van der Waals surface area contributed by atoms with Gasteiger partial charge in [0.15, 0.2) is 0 Å². The van der Waals surface area contributed by atoms with E-state index in [4.69, 9.17) is 4.84 Å². The van der Waals surface area contributed by atoms with Gasteiger partial charge >= 0.3 is 0 Å². The lowest BCUT2D eigenvalue weighted by molar-refractivity contribution is 0.213. The molecule has 0 fully saturated rings. The second kappa shape index (κ2) is 4.08. The van der Waals surface area contributed by atoms with Gasteiger partial charge in [-0.3, -0.25) is 0 Å². The first-order valence-corrected chi connectivity index (χ1v) is 4.30. The van der Waals surface area contributed by atoms with Crippen molar-refractivity contribution in [2.45, 2.75) is 20.8 Å². The maximum absolute atomic E-state index is 4.74. The number of hydrogen-bond acceptors (Lipinski definition) is 2. The van der Waals surface area contributed by atoms with E-state index in [1.807, 2.05) is 6.92 Å². The first-order chi connectivity index (χ1) is 6.15. The molecule has 1 aromatic carbocycles. The molecule has 0 amide bonds. The Kier molecular flexibility index (Phi) is 3.07. The molecule has 0 unspecified atom stereocenters. The molecule has 0 aromatic heterocycles. The highest BCUT2D eigenvalue weighted by Gasteiger charge is 2.02. The summed E-state index contributed by atoms with van der Waals surface area (Å²) in [6, 6.07) is 6.31. The van der Waals surface area contributed by atoms with Crippen LogP contribution in [-0.2, 0) is 4.84 Å². The fraction of sp³-hybridized carbons (Fsp3) is 0.364. The van der Waals surface area contributed by atoms with Crippen molar-refractivity contribution in [2.24, 2.45) is 5.16 Å². The van der Waals surface area contributed by atoms with Crippen molar-refractivity contribution in [2.75, 3.05) is 7.11 Å². The fourth-order valence-corrected chi connectivity index (χ4v) is 1.31. The van der Waals surface area contributed by atoms with Gasteiger partial charge in [0.2, 0.25) is 0 Å². The highest BCUT2D eigenvalue weighted by atomic mass is 16.6. The van der Waals surface area contributed by atoms with Gasteiger partial charge in [0, 0.05) is 5.56 Å². The smallest absolute Gasteiger partial charge is 0.106 e. The van der Waals surface area contributed by atoms with Crippen LogP contribution in [0.2, 0.25) is 0 Å². The summed E-state index contributed by atoms with van der Waals surface area (Å²) < 4.78 is 0. The summed E-state index contributed by atoms with van der Waals surface area (Å²) in [6.07, 6.45) is 0. The molecule has 0 aliphatic heterocycles. The average Bonchev–Trinajstić information content (AvgIpc) is 2.09. The molecule has 2 nitrogen and oxygen atoms in total. The van der Waals surface area contributed by atoms with Crippen molar-refractivity contribution < 1.29 is 4.84 Å². The van der Waals surface area contributed by atoms with Crippen LogP contribution in [0.3, 0.4) is 0 Å². The molecular formula is C11H15NO. The second-order valence-corrected chi connectivity index (χ2v) is 3.18. The summed E-state index contributed by atoms with van der Waals surface area (Å²) in [6.45, 7) is 6.09. The molecule has 1 aromatic rings. The molecule has 2 heteroatoms. The van der Waals surface area contributed by atoms with Gasteiger partial charge < -0.3 is 4.84 Å². The topological polar surface area (TPSA) is 21.6 Å². The number of benzene rings is 1. The summed E-state index contributed by atoms with van der Waals surface area (Å²) in [5.41, 5.74) is 4.54. The minimum Gasteiger partial charge on any atom is -0.399 e. The van der Waals surface area contributed by atoms with Gasteiger partial charge in [0.05, 0.1) is 5.71 Å². The van der Waals surface area contributed by atoms with Crippen LogP contribution in [0.25, 0.3) is 0 Å². The maximum atomic E-state index is 4.74. The molecule has 0 N–H and O–H groups in total. The van der Waals surface area contributed by atoms with Crippen molar-refractivity contribution in [1.82, 2.24) is 0 Å². The van der Waals surface area contributed by atoms with Crippen LogP contribution < -0.4 is 0 Å². The van der Waals surface area contributed by atoms with Gasteiger partial charge in [-0.05, 0) is 32.4 Å². The second-order valence-electron chi connectivity index (χ2n) is 3.18. The van der Waals surface area contributed by atoms with Crippen LogP contribution in [0.4, 0.5) is 0 Å². The van der Waals surface area contributed by atoms with E-state index in [0.717, 1.165) is 11.3 Å². The van der Waals surface area contributed by atoms with Crippen molar-refractivity contribution in [1.29, 1.82) is 0 Å². The molecule has 0 heterocycles. The third kappa shape index (κ3) is 2.31. The van der Waals surface area contributed by atoms with Gasteiger partial charge in [-0.1, -0.05) is 22.9 Å². The van der Waals surface area contributed by atoms with Gasteiger partial charge in [0.1, 0.15) is 7.11 Å². The zero-order chi connectivity index (χ0) is 9.84. The van der Waals surface area contributed by atoms with Gasteiger partial charge in [-0.15, -0.1) is 0 Å². The van der Waals surface area contributed by atoms with E-state index in [2.05, 4.69) is 37.2 Å². The Hall–Kier alpha value is -1.31. The Morgan fingerprint density at radius 3 is 2.62 bits per heavy atom. The molecule has 0 saturated carbocycles. The predicted molar refractivity (Wildman–Crippen MR) is 55.1 cm³/mol. The first kappa shape index (κ1) is 9.78. The third-order valence-electron chi connectivity index (χ3n) is 2.01. The molecule has 0 aliphatic rings. The Morgan fingerprint density at radius 2 is 2.00 bits per heavy atom. The molecule has 0 saturated heterocycles. The SMILES string of the molecule is CO/N=C(/C)c1cc(C)ccc1C. The molecule has 13 heavy (non-hydrogen) atoms. The zero-order valence-corrected chi connectivity index (χ0v) is 8.59. The average molecular weight is 177 g/mol. The standard InChI is InChI=1S/C11H15NO/c1-8-5-6-9(2)11(7-8)10(3)12-13-4/h5-7H,1-4H3/b12-10-. The Morgan fingerprint density at radius 1 is 1.31 bits per heavy atom. The number of rotatable bonds is 2. The lowest BCUT2D eigenvalue weighted by atomic mass is 10.0. The van der Waals surface area contributed by atoms with E-state index in [1.54, 1.807) is 7.11 Å². The minimum absolute atomic E-state index is 0.920. The summed E-state index contributed by atoms with van der Waals surface area (Å²) >= 11 is 0. The lowest BCUT2D eigenvalue weighted by Crippen LogP contribution is -1.99. The maximum Gasteiger partial charge on any atom is 0.106 e. The quantitative estimate of drug-likeness (QED) is 0.502. The summed E-state index contributed by atoms with van der Waals surface area (Å²) in [5.74, 6) is 0. The summed E-state index contributed by atoms with van der Waals surface area (Å²) in [5, 5.41) is 3.91. The molecule has 0 aliphatic carbocycles. The van der Waals surface area contributed by atoms with E-state index in [9.17, 15) is 0 Å². The first-order valence-electron chi connectivity index (χ1n) is 4.30. The number of hydrogen-bond donors (Lipinski definition) is 0. The van der Waals surface area contributed by atoms with Crippen molar-refractivity contribution in [3.63, 3.8) is 0 Å². The highest BCUT2D eigenvalue weighted by molar-refractivity contribution is 5.99. The molecule has 70 valence electrons. The van der Waals surface area contributed by atoms with Crippen LogP contribution in [-0.4, -0.2) is 12.8 Å². The van der Waals surface area contributed by atoms with E-state index in [1.165, 1.54) is 11.1 Å². The third-order valence-corrected chi connectivity index (χ3v) is 2.01. The number of aryl methyl sites for hydroxylation is 2. The minimum atomic E-state index is 0.920. The fourth-order valence-electron chi connectivity index (χ4n) is 1.31. The van der Waals surface area contributed by atoms with Crippen LogP contribution in [0.15, 0.2) is 23.4 Å². The number of nitrogens with zero attached hydrogens (tertiary/aromatic N) is 1. The zero-order valence-electron chi connectivity index (χ0n) is 8.59. The van der Waals surface area contributed by atoms with Crippen LogP contribution >= 0.6 is 0 Å². The van der Waals surface area contributed by atoms with E-state index in [-0.39, 0.29) is 0 Å². The molecule has 0 bridgehead atoms. The Balaban J connectivity index is 3.13. The highest BCUT2D eigenvalue weighted by Crippen LogP contribution is 2.11. The molecular weight excluding hydrogens is 162 g/mol. The molecule has 0 atom stereocenters. The molecule has 0 radical (unpaired) electrons. The van der Waals surface area contributed by atoms with E-state index < -0.39 is 0 Å². The van der Waals surface area contributed by atoms with Crippen molar-refractivity contribution in [3.05, 3.63) is 34.9 Å². The van der Waals surface area contributed by atoms with Crippen LogP contribution in [0.5, 0.6) is 0 Å². The largest absolute Gasteiger partial charge is 0.399 e. The van der Waals surface area contributed by atoms with Gasteiger partial charge in [0.25, 0.3) is 0 Å². The summed E-state index contributed by atoms with van der Waals surface area (Å²) in [4.78, 5) is 4.74. The van der Waals surface area contributed by atoms with Gasteiger partial charge in [-0.25, -0.2) is 0 Å². The normalized spacial score (nSPS) is 11.5. The summed E-state index contributed by atoms with van der Waals surface area (Å²) in [7, 11) is 1.56. The van der Waals surface area contributed by atoms with Crippen LogP contribution in [0.1, 0.15) is 23.6 Å². The number of oxime groups is 1. The molecule has 1 rings (SSSR count). The Bertz CT molecular complexity index is 329. The monoisotopic (exact) mass is 177 g/mol. The molecule has 0 spiro atoms. The van der Waals surface area contributed by atoms with E-state index in [0.29, 0.717) is 0 Å². The van der Waals surface area contributed by atoms with E-state index >= 15 is 0 Å². The van der Waals surface area contributed by atoms with Crippen molar-refractivity contribution >= 4 is 5.71 Å².